The van der Waals surface area contributed by atoms with Crippen molar-refractivity contribution in [2.45, 2.75) is 19.8 Å². The van der Waals surface area contributed by atoms with Crippen LogP contribution >= 0.6 is 27.3 Å². The highest BCUT2D eigenvalue weighted by Gasteiger charge is 2.07. The SMILES string of the molecule is Cc1nc(N(C)C)sc1CCCBr. The van der Waals surface area contributed by atoms with Crippen molar-refractivity contribution in [3.8, 4) is 0 Å². The van der Waals surface area contributed by atoms with E-state index in [1.54, 1.807) is 11.3 Å². The molecule has 13 heavy (non-hydrogen) atoms. The van der Waals surface area contributed by atoms with Gasteiger partial charge in [0.2, 0.25) is 0 Å². The van der Waals surface area contributed by atoms with Crippen LogP contribution in [0.15, 0.2) is 0 Å². The predicted octanol–water partition coefficient (Wildman–Crippen LogP) is 2.85. The van der Waals surface area contributed by atoms with Crippen LogP contribution in [0.2, 0.25) is 0 Å². The lowest BCUT2D eigenvalue weighted by Crippen LogP contribution is -2.07. The Kier molecular flexibility index (Phi) is 4.19. The van der Waals surface area contributed by atoms with Gasteiger partial charge < -0.3 is 4.90 Å². The second-order valence-corrected chi connectivity index (χ2v) is 5.05. The van der Waals surface area contributed by atoms with Crippen molar-refractivity contribution in [2.75, 3.05) is 24.3 Å². The Labute approximate surface area is 92.1 Å². The Balaban J connectivity index is 2.71. The van der Waals surface area contributed by atoms with Crippen LogP contribution in [0.5, 0.6) is 0 Å². The molecule has 4 heteroatoms. The van der Waals surface area contributed by atoms with E-state index in [1.165, 1.54) is 17.0 Å². The van der Waals surface area contributed by atoms with E-state index < -0.39 is 0 Å². The van der Waals surface area contributed by atoms with Crippen LogP contribution in [0.3, 0.4) is 0 Å². The zero-order chi connectivity index (χ0) is 9.84. The van der Waals surface area contributed by atoms with E-state index in [2.05, 4.69) is 32.7 Å². The number of hydrogen-bond acceptors (Lipinski definition) is 3. The Morgan fingerprint density at radius 2 is 2.15 bits per heavy atom. The van der Waals surface area contributed by atoms with Gasteiger partial charge in [0.25, 0.3) is 0 Å². The number of anilines is 1. The first-order chi connectivity index (χ1) is 6.15. The summed E-state index contributed by atoms with van der Waals surface area (Å²) in [6.07, 6.45) is 2.33. The molecule has 0 saturated heterocycles. The summed E-state index contributed by atoms with van der Waals surface area (Å²) in [7, 11) is 4.07. The third kappa shape index (κ3) is 2.95. The minimum absolute atomic E-state index is 1.07. The van der Waals surface area contributed by atoms with Crippen LogP contribution in [0, 0.1) is 6.92 Å². The summed E-state index contributed by atoms with van der Waals surface area (Å²) in [6, 6.07) is 0. The molecule has 0 radical (unpaired) electrons. The predicted molar refractivity (Wildman–Crippen MR) is 63.3 cm³/mol. The van der Waals surface area contributed by atoms with Gasteiger partial charge in [-0.1, -0.05) is 15.9 Å². The second kappa shape index (κ2) is 4.96. The third-order valence-corrected chi connectivity index (χ3v) is 3.75. The molecule has 0 spiro atoms. The van der Waals surface area contributed by atoms with Crippen LogP contribution in [0.1, 0.15) is 17.0 Å². The molecule has 1 aromatic heterocycles. The number of rotatable bonds is 4. The molecule has 0 saturated carbocycles. The Morgan fingerprint density at radius 1 is 1.46 bits per heavy atom. The molecule has 0 fully saturated rings. The molecule has 0 aliphatic rings. The second-order valence-electron chi connectivity index (χ2n) is 3.19. The van der Waals surface area contributed by atoms with E-state index in [0.717, 1.165) is 16.9 Å². The van der Waals surface area contributed by atoms with Crippen LogP contribution in [-0.4, -0.2) is 24.4 Å². The van der Waals surface area contributed by atoms with Crippen LogP contribution in [0.4, 0.5) is 5.13 Å². The summed E-state index contributed by atoms with van der Waals surface area (Å²) < 4.78 is 0. The lowest BCUT2D eigenvalue weighted by Gasteiger charge is -2.05. The molecule has 0 aliphatic carbocycles. The first kappa shape index (κ1) is 11.0. The number of nitrogens with zero attached hydrogens (tertiary/aromatic N) is 2. The monoisotopic (exact) mass is 262 g/mol. The Hall–Kier alpha value is -0.0900. The van der Waals surface area contributed by atoms with E-state index in [1.807, 2.05) is 14.1 Å². The van der Waals surface area contributed by atoms with Crippen molar-refractivity contribution in [1.29, 1.82) is 0 Å². The fourth-order valence-electron chi connectivity index (χ4n) is 1.06. The number of thiazole rings is 1. The molecule has 0 aliphatic heterocycles. The average Bonchev–Trinajstić information content (AvgIpc) is 2.44. The van der Waals surface area contributed by atoms with E-state index >= 15 is 0 Å². The number of alkyl halides is 1. The van der Waals surface area contributed by atoms with Crippen molar-refractivity contribution < 1.29 is 0 Å². The maximum Gasteiger partial charge on any atom is 0.185 e. The summed E-state index contributed by atoms with van der Waals surface area (Å²) in [5.41, 5.74) is 1.19. The van der Waals surface area contributed by atoms with Crippen molar-refractivity contribution in [3.63, 3.8) is 0 Å². The van der Waals surface area contributed by atoms with E-state index in [0.29, 0.717) is 0 Å². The van der Waals surface area contributed by atoms with Gasteiger partial charge in [-0.05, 0) is 19.8 Å². The molecule has 0 amide bonds. The fourth-order valence-corrected chi connectivity index (χ4v) is 2.37. The maximum absolute atomic E-state index is 4.49. The number of aromatic nitrogens is 1. The van der Waals surface area contributed by atoms with Gasteiger partial charge in [0.05, 0.1) is 5.69 Å². The molecule has 0 unspecified atom stereocenters. The first-order valence-corrected chi connectivity index (χ1v) is 6.28. The van der Waals surface area contributed by atoms with Crippen molar-refractivity contribution >= 4 is 32.4 Å². The number of aryl methyl sites for hydroxylation is 2. The minimum atomic E-state index is 1.07. The van der Waals surface area contributed by atoms with Crippen molar-refractivity contribution in [3.05, 3.63) is 10.6 Å². The zero-order valence-corrected chi connectivity index (χ0v) is 10.7. The molecular formula is C9H15BrN2S. The fraction of sp³-hybridized carbons (Fsp3) is 0.667. The van der Waals surface area contributed by atoms with Gasteiger partial charge in [0.15, 0.2) is 5.13 Å². The van der Waals surface area contributed by atoms with Gasteiger partial charge in [-0.25, -0.2) is 4.98 Å². The van der Waals surface area contributed by atoms with Gasteiger partial charge in [-0.15, -0.1) is 11.3 Å². The molecular weight excluding hydrogens is 248 g/mol. The summed E-state index contributed by atoms with van der Waals surface area (Å²) in [6.45, 7) is 2.09. The minimum Gasteiger partial charge on any atom is -0.354 e. The highest BCUT2D eigenvalue weighted by Crippen LogP contribution is 2.25. The van der Waals surface area contributed by atoms with Crippen LogP contribution < -0.4 is 4.90 Å². The largest absolute Gasteiger partial charge is 0.354 e. The molecule has 0 N–H and O–H groups in total. The smallest absolute Gasteiger partial charge is 0.185 e. The normalized spacial score (nSPS) is 10.5. The lowest BCUT2D eigenvalue weighted by atomic mass is 10.2. The first-order valence-electron chi connectivity index (χ1n) is 4.34. The Bertz CT molecular complexity index is 271. The van der Waals surface area contributed by atoms with E-state index in [4.69, 9.17) is 0 Å². The zero-order valence-electron chi connectivity index (χ0n) is 8.30. The van der Waals surface area contributed by atoms with E-state index in [9.17, 15) is 0 Å². The molecule has 1 aromatic rings. The summed E-state index contributed by atoms with van der Waals surface area (Å²) in [4.78, 5) is 7.98. The maximum atomic E-state index is 4.49. The van der Waals surface area contributed by atoms with Gasteiger partial charge in [0, 0.05) is 24.3 Å². The molecule has 0 aromatic carbocycles. The molecule has 1 heterocycles. The average molecular weight is 263 g/mol. The van der Waals surface area contributed by atoms with Gasteiger partial charge in [-0.3, -0.25) is 0 Å². The molecule has 74 valence electrons. The summed E-state index contributed by atoms with van der Waals surface area (Å²) in [5, 5.41) is 2.18. The number of halogens is 1. The molecule has 1 rings (SSSR count). The van der Waals surface area contributed by atoms with Gasteiger partial charge >= 0.3 is 0 Å². The molecule has 2 nitrogen and oxygen atoms in total. The van der Waals surface area contributed by atoms with Crippen molar-refractivity contribution in [1.82, 2.24) is 4.98 Å². The number of hydrogen-bond donors (Lipinski definition) is 0. The molecule has 0 atom stereocenters. The highest BCUT2D eigenvalue weighted by atomic mass is 79.9. The van der Waals surface area contributed by atoms with E-state index in [-0.39, 0.29) is 0 Å². The molecule has 0 bridgehead atoms. The quantitative estimate of drug-likeness (QED) is 0.776. The van der Waals surface area contributed by atoms with Gasteiger partial charge in [-0.2, -0.15) is 0 Å². The Morgan fingerprint density at radius 3 is 2.62 bits per heavy atom. The van der Waals surface area contributed by atoms with Crippen molar-refractivity contribution in [2.24, 2.45) is 0 Å². The van der Waals surface area contributed by atoms with Crippen LogP contribution in [-0.2, 0) is 6.42 Å². The topological polar surface area (TPSA) is 16.1 Å². The summed E-state index contributed by atoms with van der Waals surface area (Å²) in [5.74, 6) is 0. The van der Waals surface area contributed by atoms with Gasteiger partial charge in [0.1, 0.15) is 0 Å². The highest BCUT2D eigenvalue weighted by molar-refractivity contribution is 9.09. The lowest BCUT2D eigenvalue weighted by molar-refractivity contribution is 0.941. The van der Waals surface area contributed by atoms with Crippen LogP contribution in [0.25, 0.3) is 0 Å². The summed E-state index contributed by atoms with van der Waals surface area (Å²) >= 11 is 5.24. The third-order valence-electron chi connectivity index (χ3n) is 1.80. The standard InChI is InChI=1S/C9H15BrN2S/c1-7-8(5-4-6-10)13-9(11-7)12(2)3/h4-6H2,1-3H3.